The largest absolute Gasteiger partial charge is 0.355 e. The molecule has 0 bridgehead atoms. The molecule has 24 heavy (non-hydrogen) atoms. The third-order valence-electron chi connectivity index (χ3n) is 3.76. The molecular weight excluding hydrogens is 388 g/mol. The van der Waals surface area contributed by atoms with Crippen LogP contribution in [0.4, 0.5) is 0 Å². The van der Waals surface area contributed by atoms with Crippen LogP contribution in [-0.2, 0) is 6.42 Å². The average Bonchev–Trinajstić information content (AvgIpc) is 3.05. The first-order valence-electron chi connectivity index (χ1n) is 7.48. The maximum Gasteiger partial charge on any atom is 0.192 e. The Hall–Kier alpha value is -1.13. The zero-order chi connectivity index (χ0) is 17.1. The zero-order valence-electron chi connectivity index (χ0n) is 12.6. The van der Waals surface area contributed by atoms with Crippen molar-refractivity contribution in [2.45, 2.75) is 12.5 Å². The molecule has 7 heteroatoms. The highest BCUT2D eigenvalue weighted by Gasteiger charge is 2.19. The maximum absolute atomic E-state index is 6.41. The number of benzene rings is 2. The Kier molecular flexibility index (Phi) is 5.77. The Morgan fingerprint density at radius 3 is 2.42 bits per heavy atom. The van der Waals surface area contributed by atoms with E-state index < -0.39 is 0 Å². The number of halogens is 4. The average molecular weight is 403 g/mol. The lowest BCUT2D eigenvalue weighted by atomic mass is 9.99. The van der Waals surface area contributed by atoms with Crippen molar-refractivity contribution in [2.75, 3.05) is 13.1 Å². The smallest absolute Gasteiger partial charge is 0.192 e. The highest BCUT2D eigenvalue weighted by molar-refractivity contribution is 6.42. The summed E-state index contributed by atoms with van der Waals surface area (Å²) in [6, 6.07) is 10.8. The van der Waals surface area contributed by atoms with Crippen LogP contribution < -0.4 is 10.6 Å². The summed E-state index contributed by atoms with van der Waals surface area (Å²) in [7, 11) is 0. The molecule has 126 valence electrons. The van der Waals surface area contributed by atoms with Crippen LogP contribution in [0.5, 0.6) is 0 Å². The van der Waals surface area contributed by atoms with Crippen molar-refractivity contribution in [1.82, 2.24) is 10.6 Å². The van der Waals surface area contributed by atoms with E-state index in [0.717, 1.165) is 30.2 Å². The van der Waals surface area contributed by atoms with E-state index in [2.05, 4.69) is 10.6 Å². The predicted octanol–water partition coefficient (Wildman–Crippen LogP) is 5.13. The van der Waals surface area contributed by atoms with Gasteiger partial charge in [0.1, 0.15) is 0 Å². The van der Waals surface area contributed by atoms with Gasteiger partial charge in [0, 0.05) is 29.6 Å². The lowest BCUT2D eigenvalue weighted by molar-refractivity contribution is 0.717. The van der Waals surface area contributed by atoms with Gasteiger partial charge in [-0.1, -0.05) is 64.6 Å². The first-order chi connectivity index (χ1) is 11.5. The van der Waals surface area contributed by atoms with Gasteiger partial charge in [0.15, 0.2) is 5.96 Å². The molecule has 2 aromatic rings. The fourth-order valence-electron chi connectivity index (χ4n) is 2.57. The monoisotopic (exact) mass is 401 g/mol. The molecule has 3 rings (SSSR count). The van der Waals surface area contributed by atoms with Crippen molar-refractivity contribution >= 4 is 52.4 Å². The molecule has 2 N–H and O–H groups in total. The summed E-state index contributed by atoms with van der Waals surface area (Å²) in [4.78, 5) is 4.77. The van der Waals surface area contributed by atoms with E-state index >= 15 is 0 Å². The maximum atomic E-state index is 6.41. The summed E-state index contributed by atoms with van der Waals surface area (Å²) in [6.07, 6.45) is 0.586. The molecule has 1 aliphatic rings. The molecule has 0 saturated carbocycles. The van der Waals surface area contributed by atoms with E-state index in [1.807, 2.05) is 24.3 Å². The molecule has 1 fully saturated rings. The molecule has 0 aromatic heterocycles. The molecule has 1 unspecified atom stereocenters. The molecule has 1 heterocycles. The van der Waals surface area contributed by atoms with Crippen molar-refractivity contribution in [2.24, 2.45) is 4.99 Å². The molecule has 0 amide bonds. The van der Waals surface area contributed by atoms with Gasteiger partial charge in [0.2, 0.25) is 0 Å². The van der Waals surface area contributed by atoms with E-state index in [1.54, 1.807) is 12.1 Å². The van der Waals surface area contributed by atoms with Gasteiger partial charge in [-0.2, -0.15) is 0 Å². The number of nitrogens with one attached hydrogen (secondary N) is 2. The summed E-state index contributed by atoms with van der Waals surface area (Å²) < 4.78 is 0. The first-order valence-corrected chi connectivity index (χ1v) is 8.99. The Morgan fingerprint density at radius 2 is 1.71 bits per heavy atom. The summed E-state index contributed by atoms with van der Waals surface area (Å²) in [5.41, 5.74) is 1.81. The number of hydrogen-bond donors (Lipinski definition) is 2. The second kappa shape index (κ2) is 7.83. The van der Waals surface area contributed by atoms with Gasteiger partial charge >= 0.3 is 0 Å². The van der Waals surface area contributed by atoms with Gasteiger partial charge in [-0.15, -0.1) is 0 Å². The Labute approximate surface area is 161 Å². The molecule has 1 saturated heterocycles. The molecule has 1 atom stereocenters. The Balaban J connectivity index is 1.98. The molecular formula is C17H15Cl4N3. The van der Waals surface area contributed by atoms with E-state index in [1.165, 1.54) is 0 Å². The molecule has 2 aromatic carbocycles. The van der Waals surface area contributed by atoms with Gasteiger partial charge < -0.3 is 10.6 Å². The van der Waals surface area contributed by atoms with Crippen LogP contribution in [-0.4, -0.2) is 19.0 Å². The number of guanidine groups is 1. The van der Waals surface area contributed by atoms with Crippen LogP contribution in [0.1, 0.15) is 17.2 Å². The summed E-state index contributed by atoms with van der Waals surface area (Å²) in [5, 5.41) is 8.65. The topological polar surface area (TPSA) is 36.4 Å². The molecule has 0 spiro atoms. The van der Waals surface area contributed by atoms with Crippen molar-refractivity contribution < 1.29 is 0 Å². The number of nitrogens with zero attached hydrogens (tertiary/aromatic N) is 1. The van der Waals surface area contributed by atoms with Crippen molar-refractivity contribution in [3.05, 3.63) is 67.6 Å². The summed E-state index contributed by atoms with van der Waals surface area (Å²) in [5.74, 6) is 0.751. The Bertz CT molecular complexity index is 768. The fourth-order valence-corrected chi connectivity index (χ4v) is 3.49. The SMILES string of the molecule is Clc1ccc(CC(N=C2NCCN2)c2cccc(Cl)c2Cl)c(Cl)c1. The van der Waals surface area contributed by atoms with Crippen LogP contribution >= 0.6 is 46.4 Å². The third-order valence-corrected chi connectivity index (χ3v) is 5.18. The third kappa shape index (κ3) is 4.09. The van der Waals surface area contributed by atoms with Gasteiger partial charge in [-0.3, -0.25) is 0 Å². The molecule has 3 nitrogen and oxygen atoms in total. The van der Waals surface area contributed by atoms with E-state index in [4.69, 9.17) is 51.4 Å². The molecule has 0 radical (unpaired) electrons. The fraction of sp³-hybridized carbons (Fsp3) is 0.235. The molecule has 1 aliphatic heterocycles. The van der Waals surface area contributed by atoms with Gasteiger partial charge in [-0.25, -0.2) is 4.99 Å². The summed E-state index contributed by atoms with van der Waals surface area (Å²) in [6.45, 7) is 1.69. The van der Waals surface area contributed by atoms with E-state index in [-0.39, 0.29) is 6.04 Å². The van der Waals surface area contributed by atoms with Crippen LogP contribution in [0.25, 0.3) is 0 Å². The number of hydrogen-bond acceptors (Lipinski definition) is 1. The van der Waals surface area contributed by atoms with Crippen LogP contribution in [0.15, 0.2) is 41.4 Å². The number of rotatable bonds is 4. The lowest BCUT2D eigenvalue weighted by Gasteiger charge is -2.17. The van der Waals surface area contributed by atoms with Gasteiger partial charge in [0.05, 0.1) is 16.1 Å². The minimum absolute atomic E-state index is 0.219. The van der Waals surface area contributed by atoms with Gasteiger partial charge in [0.25, 0.3) is 0 Å². The summed E-state index contributed by atoms with van der Waals surface area (Å²) >= 11 is 24.9. The predicted molar refractivity (Wildman–Crippen MR) is 103 cm³/mol. The van der Waals surface area contributed by atoms with Crippen LogP contribution in [0.3, 0.4) is 0 Å². The Morgan fingerprint density at radius 1 is 0.958 bits per heavy atom. The normalized spacial score (nSPS) is 14.9. The first kappa shape index (κ1) is 17.7. The van der Waals surface area contributed by atoms with E-state index in [9.17, 15) is 0 Å². The highest BCUT2D eigenvalue weighted by Crippen LogP contribution is 2.35. The standard InChI is InChI=1S/C17H15Cl4N3/c18-11-5-4-10(14(20)9-11)8-15(24-17-22-6-7-23-17)12-2-1-3-13(19)16(12)21/h1-5,9,15H,6-8H2,(H2,22,23,24). The molecule has 0 aliphatic carbocycles. The highest BCUT2D eigenvalue weighted by atomic mass is 35.5. The van der Waals surface area contributed by atoms with Crippen LogP contribution in [0, 0.1) is 0 Å². The van der Waals surface area contributed by atoms with E-state index in [0.29, 0.717) is 26.5 Å². The zero-order valence-corrected chi connectivity index (χ0v) is 15.6. The second-order valence-corrected chi connectivity index (χ2v) is 7.06. The van der Waals surface area contributed by atoms with Crippen LogP contribution in [0.2, 0.25) is 20.1 Å². The quantitative estimate of drug-likeness (QED) is 0.743. The second-order valence-electron chi connectivity index (χ2n) is 5.43. The van der Waals surface area contributed by atoms with Crippen molar-refractivity contribution in [3.8, 4) is 0 Å². The van der Waals surface area contributed by atoms with Crippen molar-refractivity contribution in [3.63, 3.8) is 0 Å². The minimum Gasteiger partial charge on any atom is -0.355 e. The number of aliphatic imine (C=N–C) groups is 1. The van der Waals surface area contributed by atoms with Gasteiger partial charge in [-0.05, 0) is 29.3 Å². The minimum atomic E-state index is -0.219. The lowest BCUT2D eigenvalue weighted by Crippen LogP contribution is -2.25. The van der Waals surface area contributed by atoms with Crippen molar-refractivity contribution in [1.29, 1.82) is 0 Å².